The number of hydrogen-bond donors (Lipinski definition) is 2. The summed E-state index contributed by atoms with van der Waals surface area (Å²) in [5.74, 6) is -0.265. The molecule has 0 bridgehead atoms. The van der Waals surface area contributed by atoms with E-state index < -0.39 is 12.1 Å². The van der Waals surface area contributed by atoms with Crippen LogP contribution in [0, 0.1) is 0 Å². The Bertz CT molecular complexity index is 502. The summed E-state index contributed by atoms with van der Waals surface area (Å²) < 4.78 is 4.96. The molecule has 1 atom stereocenters. The van der Waals surface area contributed by atoms with Gasteiger partial charge in [-0.25, -0.2) is 4.79 Å². The average Bonchev–Trinajstić information content (AvgIpc) is 2.78. The topological polar surface area (TPSA) is 62.3 Å². The lowest BCUT2D eigenvalue weighted by atomic mass is 10.2. The molecule has 4 nitrogen and oxygen atoms in total. The Morgan fingerprint density at radius 3 is 2.71 bits per heavy atom. The molecule has 0 fully saturated rings. The number of esters is 1. The van der Waals surface area contributed by atoms with Crippen molar-refractivity contribution in [1.82, 2.24) is 4.98 Å². The van der Waals surface area contributed by atoms with E-state index in [1.54, 1.807) is 12.3 Å². The average molecular weight is 231 g/mol. The number of aromatic nitrogens is 1. The summed E-state index contributed by atoms with van der Waals surface area (Å²) in [7, 11) is 0. The predicted molar refractivity (Wildman–Crippen MR) is 63.5 cm³/mol. The van der Waals surface area contributed by atoms with E-state index in [0.717, 1.165) is 11.3 Å². The second kappa shape index (κ2) is 4.84. The number of rotatable bonds is 3. The molecule has 0 aliphatic heterocycles. The highest BCUT2D eigenvalue weighted by atomic mass is 16.5. The zero-order chi connectivity index (χ0) is 12.3. The van der Waals surface area contributed by atoms with Gasteiger partial charge in [-0.3, -0.25) is 0 Å². The lowest BCUT2D eigenvalue weighted by molar-refractivity contribution is -0.142. The fourth-order valence-corrected chi connectivity index (χ4v) is 1.42. The Morgan fingerprint density at radius 2 is 2.06 bits per heavy atom. The van der Waals surface area contributed by atoms with Crippen LogP contribution in [0.5, 0.6) is 5.75 Å². The van der Waals surface area contributed by atoms with Gasteiger partial charge in [-0.1, -0.05) is 30.3 Å². The summed E-state index contributed by atoms with van der Waals surface area (Å²) in [5.41, 5.74) is 1.87. The van der Waals surface area contributed by atoms with E-state index in [9.17, 15) is 4.79 Å². The number of carbonyl (C=O) groups is 1. The van der Waals surface area contributed by atoms with Gasteiger partial charge in [0.2, 0.25) is 0 Å². The normalized spacial score (nSPS) is 12.1. The largest absolute Gasteiger partial charge is 0.423 e. The summed E-state index contributed by atoms with van der Waals surface area (Å²) in [4.78, 5) is 14.2. The molecule has 1 aromatic carbocycles. The summed E-state index contributed by atoms with van der Waals surface area (Å²) >= 11 is 0. The first-order valence-electron chi connectivity index (χ1n) is 5.30. The minimum atomic E-state index is -1.12. The van der Waals surface area contributed by atoms with Crippen LogP contribution >= 0.6 is 0 Å². The molecule has 4 heteroatoms. The van der Waals surface area contributed by atoms with Crippen molar-refractivity contribution >= 4 is 5.97 Å². The second-order valence-corrected chi connectivity index (χ2v) is 3.71. The van der Waals surface area contributed by atoms with Crippen molar-refractivity contribution in [3.8, 4) is 17.0 Å². The molecule has 0 spiro atoms. The summed E-state index contributed by atoms with van der Waals surface area (Å²) in [5, 5.41) is 9.02. The summed E-state index contributed by atoms with van der Waals surface area (Å²) in [6.45, 7) is 1.37. The van der Waals surface area contributed by atoms with E-state index in [1.807, 2.05) is 30.3 Å². The van der Waals surface area contributed by atoms with Gasteiger partial charge in [0.15, 0.2) is 0 Å². The third-order valence-corrected chi connectivity index (χ3v) is 2.30. The lowest BCUT2D eigenvalue weighted by Gasteiger charge is -2.02. The van der Waals surface area contributed by atoms with Crippen LogP contribution in [0.1, 0.15) is 6.92 Å². The maximum atomic E-state index is 11.2. The Balaban J connectivity index is 2.14. The first-order chi connectivity index (χ1) is 8.16. The fraction of sp³-hybridized carbons (Fsp3) is 0.154. The predicted octanol–water partition coefficient (Wildman–Crippen LogP) is 1.97. The van der Waals surface area contributed by atoms with Crippen LogP contribution in [0.15, 0.2) is 42.6 Å². The molecular weight excluding hydrogens is 218 g/mol. The first kappa shape index (κ1) is 11.4. The SMILES string of the molecule is CC(O)C(=O)Oc1c[nH]c(-c2ccccc2)c1. The van der Waals surface area contributed by atoms with Crippen LogP contribution < -0.4 is 4.74 Å². The van der Waals surface area contributed by atoms with Gasteiger partial charge >= 0.3 is 5.97 Å². The molecule has 0 amide bonds. The van der Waals surface area contributed by atoms with E-state index in [1.165, 1.54) is 6.92 Å². The van der Waals surface area contributed by atoms with Crippen LogP contribution in [0.4, 0.5) is 0 Å². The maximum absolute atomic E-state index is 11.2. The quantitative estimate of drug-likeness (QED) is 0.794. The number of aromatic amines is 1. The van der Waals surface area contributed by atoms with Crippen LogP contribution in [-0.4, -0.2) is 22.2 Å². The third-order valence-electron chi connectivity index (χ3n) is 2.30. The van der Waals surface area contributed by atoms with Gasteiger partial charge in [-0.15, -0.1) is 0 Å². The fourth-order valence-electron chi connectivity index (χ4n) is 1.42. The molecule has 2 N–H and O–H groups in total. The van der Waals surface area contributed by atoms with Crippen molar-refractivity contribution in [3.05, 3.63) is 42.6 Å². The molecule has 0 saturated carbocycles. The third kappa shape index (κ3) is 2.73. The molecule has 17 heavy (non-hydrogen) atoms. The zero-order valence-corrected chi connectivity index (χ0v) is 9.38. The Kier molecular flexibility index (Phi) is 3.25. The highest BCUT2D eigenvalue weighted by Crippen LogP contribution is 2.22. The monoisotopic (exact) mass is 231 g/mol. The van der Waals surface area contributed by atoms with Gasteiger partial charge in [0, 0.05) is 18.0 Å². The molecule has 2 rings (SSSR count). The van der Waals surface area contributed by atoms with Crippen molar-refractivity contribution in [1.29, 1.82) is 0 Å². The van der Waals surface area contributed by atoms with Crippen molar-refractivity contribution in [2.75, 3.05) is 0 Å². The molecule has 0 saturated heterocycles. The van der Waals surface area contributed by atoms with Crippen LogP contribution in [0.2, 0.25) is 0 Å². The lowest BCUT2D eigenvalue weighted by Crippen LogP contribution is -2.21. The molecule has 1 aromatic heterocycles. The number of ether oxygens (including phenoxy) is 1. The Hall–Kier alpha value is -2.07. The zero-order valence-electron chi connectivity index (χ0n) is 9.38. The van der Waals surface area contributed by atoms with Gasteiger partial charge in [-0.2, -0.15) is 0 Å². The molecule has 0 aliphatic carbocycles. The first-order valence-corrected chi connectivity index (χ1v) is 5.30. The highest BCUT2D eigenvalue weighted by Gasteiger charge is 2.12. The summed E-state index contributed by atoms with van der Waals surface area (Å²) in [6.07, 6.45) is 0.466. The minimum absolute atomic E-state index is 0.398. The van der Waals surface area contributed by atoms with E-state index in [2.05, 4.69) is 4.98 Å². The number of hydrogen-bond acceptors (Lipinski definition) is 3. The maximum Gasteiger partial charge on any atom is 0.340 e. The van der Waals surface area contributed by atoms with Gasteiger partial charge in [0.25, 0.3) is 0 Å². The highest BCUT2D eigenvalue weighted by molar-refractivity contribution is 5.77. The van der Waals surface area contributed by atoms with Crippen LogP contribution in [-0.2, 0) is 4.79 Å². The van der Waals surface area contributed by atoms with Crippen molar-refractivity contribution in [3.63, 3.8) is 0 Å². The van der Waals surface area contributed by atoms with E-state index in [0.29, 0.717) is 5.75 Å². The van der Waals surface area contributed by atoms with Gasteiger partial charge in [-0.05, 0) is 12.5 Å². The summed E-state index contributed by atoms with van der Waals surface area (Å²) in [6, 6.07) is 11.4. The van der Waals surface area contributed by atoms with Gasteiger partial charge < -0.3 is 14.8 Å². The van der Waals surface area contributed by atoms with E-state index in [4.69, 9.17) is 9.84 Å². The molecule has 1 unspecified atom stereocenters. The second-order valence-electron chi connectivity index (χ2n) is 3.71. The van der Waals surface area contributed by atoms with Crippen molar-refractivity contribution in [2.24, 2.45) is 0 Å². The molecule has 1 heterocycles. The van der Waals surface area contributed by atoms with E-state index in [-0.39, 0.29) is 0 Å². The number of aliphatic hydroxyl groups excluding tert-OH is 1. The van der Waals surface area contributed by atoms with Crippen LogP contribution in [0.25, 0.3) is 11.3 Å². The number of H-pyrrole nitrogens is 1. The minimum Gasteiger partial charge on any atom is -0.423 e. The smallest absolute Gasteiger partial charge is 0.340 e. The number of nitrogens with one attached hydrogen (secondary N) is 1. The molecular formula is C13H13NO3. The number of carbonyl (C=O) groups excluding carboxylic acids is 1. The van der Waals surface area contributed by atoms with E-state index >= 15 is 0 Å². The Morgan fingerprint density at radius 1 is 1.35 bits per heavy atom. The van der Waals surface area contributed by atoms with Crippen molar-refractivity contribution < 1.29 is 14.6 Å². The standard InChI is InChI=1S/C13H13NO3/c1-9(15)13(16)17-11-7-12(14-8-11)10-5-3-2-4-6-10/h2-9,14-15H,1H3. The molecule has 88 valence electrons. The van der Waals surface area contributed by atoms with Crippen LogP contribution in [0.3, 0.4) is 0 Å². The van der Waals surface area contributed by atoms with Gasteiger partial charge in [0.1, 0.15) is 11.9 Å². The number of aliphatic hydroxyl groups is 1. The molecule has 0 aliphatic rings. The molecule has 2 aromatic rings. The van der Waals surface area contributed by atoms with Gasteiger partial charge in [0.05, 0.1) is 0 Å². The van der Waals surface area contributed by atoms with Crippen molar-refractivity contribution in [2.45, 2.75) is 13.0 Å². The number of benzene rings is 1. The Labute approximate surface area is 98.9 Å². The molecule has 0 radical (unpaired) electrons.